The van der Waals surface area contributed by atoms with Gasteiger partial charge in [-0.2, -0.15) is 0 Å². The van der Waals surface area contributed by atoms with Crippen molar-refractivity contribution in [3.05, 3.63) is 78.9 Å². The van der Waals surface area contributed by atoms with Crippen LogP contribution in [0.25, 0.3) is 11.1 Å². The first-order valence-electron chi connectivity index (χ1n) is 7.15. The second-order valence-corrected chi connectivity index (χ2v) is 5.09. The van der Waals surface area contributed by atoms with Gasteiger partial charge in [-0.05, 0) is 23.7 Å². The molecule has 0 saturated heterocycles. The molecule has 3 aromatic rings. The van der Waals surface area contributed by atoms with Gasteiger partial charge in [0.1, 0.15) is 0 Å². The molecule has 1 heterocycles. The van der Waals surface area contributed by atoms with Crippen LogP contribution in [0.2, 0.25) is 0 Å². The number of likely N-dealkylation sites (N-methyl/N-ethyl adjacent to an activating group) is 1. The molecule has 0 aliphatic carbocycles. The highest BCUT2D eigenvalue weighted by atomic mass is 15.1. The van der Waals surface area contributed by atoms with E-state index in [4.69, 9.17) is 0 Å². The lowest BCUT2D eigenvalue weighted by Crippen LogP contribution is -2.21. The Balaban J connectivity index is 1.79. The van der Waals surface area contributed by atoms with Crippen LogP contribution < -0.4 is 5.32 Å². The third-order valence-electron chi connectivity index (χ3n) is 3.72. The minimum atomic E-state index is 0.282. The molecule has 0 spiro atoms. The summed E-state index contributed by atoms with van der Waals surface area (Å²) < 4.78 is 2.09. The molecule has 1 aromatic heterocycles. The molecule has 0 aliphatic rings. The van der Waals surface area contributed by atoms with Gasteiger partial charge >= 0.3 is 0 Å². The Morgan fingerprint density at radius 3 is 2.33 bits per heavy atom. The van der Waals surface area contributed by atoms with Crippen molar-refractivity contribution in [3.63, 3.8) is 0 Å². The van der Waals surface area contributed by atoms with Crippen LogP contribution in [0, 0.1) is 0 Å². The fraction of sp³-hybridized carbons (Fsp3) is 0.167. The lowest BCUT2D eigenvalue weighted by molar-refractivity contribution is 0.500. The van der Waals surface area contributed by atoms with E-state index in [0.29, 0.717) is 0 Å². The second kappa shape index (κ2) is 6.37. The van der Waals surface area contributed by atoms with Crippen molar-refractivity contribution in [2.24, 2.45) is 0 Å². The first-order chi connectivity index (χ1) is 10.4. The molecule has 0 radical (unpaired) electrons. The fourth-order valence-corrected chi connectivity index (χ4v) is 2.51. The van der Waals surface area contributed by atoms with Crippen LogP contribution >= 0.6 is 0 Å². The number of imidazole rings is 1. The topological polar surface area (TPSA) is 29.9 Å². The summed E-state index contributed by atoms with van der Waals surface area (Å²) in [7, 11) is 1.99. The molecule has 106 valence electrons. The molecule has 3 heteroatoms. The molecule has 2 aromatic carbocycles. The first-order valence-corrected chi connectivity index (χ1v) is 7.15. The summed E-state index contributed by atoms with van der Waals surface area (Å²) >= 11 is 0. The molecule has 21 heavy (non-hydrogen) atoms. The predicted molar refractivity (Wildman–Crippen MR) is 85.9 cm³/mol. The molecule has 0 aliphatic heterocycles. The van der Waals surface area contributed by atoms with Crippen LogP contribution in [0.15, 0.2) is 73.3 Å². The average molecular weight is 277 g/mol. The van der Waals surface area contributed by atoms with Crippen molar-refractivity contribution >= 4 is 0 Å². The lowest BCUT2D eigenvalue weighted by atomic mass is 10.0. The monoisotopic (exact) mass is 277 g/mol. The lowest BCUT2D eigenvalue weighted by Gasteiger charge is -2.17. The van der Waals surface area contributed by atoms with Crippen LogP contribution in [-0.4, -0.2) is 16.6 Å². The minimum absolute atomic E-state index is 0.282. The fourth-order valence-electron chi connectivity index (χ4n) is 2.51. The van der Waals surface area contributed by atoms with Crippen molar-refractivity contribution in [1.82, 2.24) is 14.9 Å². The Bertz CT molecular complexity index is 657. The molecule has 1 N–H and O–H groups in total. The van der Waals surface area contributed by atoms with E-state index in [9.17, 15) is 0 Å². The zero-order valence-corrected chi connectivity index (χ0v) is 12.1. The Kier molecular flexibility index (Phi) is 4.12. The second-order valence-electron chi connectivity index (χ2n) is 5.09. The number of hydrogen-bond acceptors (Lipinski definition) is 2. The van der Waals surface area contributed by atoms with Gasteiger partial charge in [-0.1, -0.05) is 54.6 Å². The Morgan fingerprint density at radius 1 is 1.00 bits per heavy atom. The molecule has 0 fully saturated rings. The Labute approximate surface area is 125 Å². The number of aromatic nitrogens is 2. The van der Waals surface area contributed by atoms with Gasteiger partial charge in [0, 0.05) is 25.0 Å². The summed E-state index contributed by atoms with van der Waals surface area (Å²) in [5, 5.41) is 3.37. The van der Waals surface area contributed by atoms with Crippen LogP contribution in [0.4, 0.5) is 0 Å². The van der Waals surface area contributed by atoms with Gasteiger partial charge in [-0.25, -0.2) is 4.98 Å². The highest BCUT2D eigenvalue weighted by molar-refractivity contribution is 5.63. The first kappa shape index (κ1) is 13.6. The predicted octanol–water partition coefficient (Wildman–Crippen LogP) is 3.51. The average Bonchev–Trinajstić information content (AvgIpc) is 3.07. The SMILES string of the molecule is CNC(Cn1ccnc1)c1ccc(-c2ccccc2)cc1. The standard InChI is InChI=1S/C18H19N3/c1-19-18(13-21-12-11-20-14-21)17-9-7-16(8-10-17)15-5-3-2-4-6-15/h2-12,14,18-19H,13H2,1H3. The van der Waals surface area contributed by atoms with E-state index in [2.05, 4.69) is 63.4 Å². The molecule has 0 saturated carbocycles. The number of hydrogen-bond donors (Lipinski definition) is 1. The highest BCUT2D eigenvalue weighted by Crippen LogP contribution is 2.22. The number of nitrogens with zero attached hydrogens (tertiary/aromatic N) is 2. The van der Waals surface area contributed by atoms with Gasteiger partial charge in [0.25, 0.3) is 0 Å². The molecule has 0 bridgehead atoms. The zero-order valence-electron chi connectivity index (χ0n) is 12.1. The maximum atomic E-state index is 4.09. The van der Waals surface area contributed by atoms with Crippen molar-refractivity contribution in [2.75, 3.05) is 7.05 Å². The molecule has 1 unspecified atom stereocenters. The smallest absolute Gasteiger partial charge is 0.0946 e. The minimum Gasteiger partial charge on any atom is -0.336 e. The van der Waals surface area contributed by atoms with E-state index in [1.807, 2.05) is 31.8 Å². The summed E-state index contributed by atoms with van der Waals surface area (Å²) in [6.45, 7) is 0.876. The molecule has 3 rings (SSSR count). The van der Waals surface area contributed by atoms with Crippen molar-refractivity contribution in [1.29, 1.82) is 0 Å². The van der Waals surface area contributed by atoms with E-state index in [-0.39, 0.29) is 6.04 Å². The molecular weight excluding hydrogens is 258 g/mol. The largest absolute Gasteiger partial charge is 0.336 e. The van der Waals surface area contributed by atoms with Gasteiger partial charge in [-0.3, -0.25) is 0 Å². The van der Waals surface area contributed by atoms with Crippen molar-refractivity contribution < 1.29 is 0 Å². The quantitative estimate of drug-likeness (QED) is 0.773. The van der Waals surface area contributed by atoms with Crippen LogP contribution in [-0.2, 0) is 6.54 Å². The maximum absolute atomic E-state index is 4.09. The summed E-state index contributed by atoms with van der Waals surface area (Å²) in [6, 6.07) is 19.5. The third kappa shape index (κ3) is 3.20. The molecule has 3 nitrogen and oxygen atoms in total. The van der Waals surface area contributed by atoms with E-state index in [0.717, 1.165) is 6.54 Å². The number of rotatable bonds is 5. The van der Waals surface area contributed by atoms with E-state index >= 15 is 0 Å². The molecule has 0 amide bonds. The summed E-state index contributed by atoms with van der Waals surface area (Å²) in [5.74, 6) is 0. The van der Waals surface area contributed by atoms with Crippen molar-refractivity contribution in [2.45, 2.75) is 12.6 Å². The van der Waals surface area contributed by atoms with Gasteiger partial charge in [0.05, 0.1) is 6.33 Å². The summed E-state index contributed by atoms with van der Waals surface area (Å²) in [4.78, 5) is 4.09. The van der Waals surface area contributed by atoms with Gasteiger partial charge in [-0.15, -0.1) is 0 Å². The molecule has 1 atom stereocenters. The van der Waals surface area contributed by atoms with Gasteiger partial charge < -0.3 is 9.88 Å². The van der Waals surface area contributed by atoms with Gasteiger partial charge in [0.15, 0.2) is 0 Å². The Morgan fingerprint density at radius 2 is 1.71 bits per heavy atom. The van der Waals surface area contributed by atoms with E-state index in [1.165, 1.54) is 16.7 Å². The zero-order chi connectivity index (χ0) is 14.5. The van der Waals surface area contributed by atoms with Crippen LogP contribution in [0.1, 0.15) is 11.6 Å². The number of benzene rings is 2. The van der Waals surface area contributed by atoms with E-state index in [1.54, 1.807) is 0 Å². The Hall–Kier alpha value is -2.39. The third-order valence-corrected chi connectivity index (χ3v) is 3.72. The van der Waals surface area contributed by atoms with Crippen LogP contribution in [0.5, 0.6) is 0 Å². The molecular formula is C18H19N3. The van der Waals surface area contributed by atoms with Gasteiger partial charge in [0.2, 0.25) is 0 Å². The maximum Gasteiger partial charge on any atom is 0.0946 e. The highest BCUT2D eigenvalue weighted by Gasteiger charge is 2.09. The summed E-state index contributed by atoms with van der Waals surface area (Å²) in [5.41, 5.74) is 3.78. The normalized spacial score (nSPS) is 12.2. The van der Waals surface area contributed by atoms with Crippen molar-refractivity contribution in [3.8, 4) is 11.1 Å². The summed E-state index contributed by atoms with van der Waals surface area (Å²) in [6.07, 6.45) is 5.65. The number of nitrogens with one attached hydrogen (secondary N) is 1. The van der Waals surface area contributed by atoms with E-state index < -0.39 is 0 Å². The van der Waals surface area contributed by atoms with Crippen LogP contribution in [0.3, 0.4) is 0 Å².